The predicted octanol–water partition coefficient (Wildman–Crippen LogP) is 3.27. The van der Waals surface area contributed by atoms with Gasteiger partial charge in [0.15, 0.2) is 0 Å². The minimum absolute atomic E-state index is 0.192. The van der Waals surface area contributed by atoms with Gasteiger partial charge in [-0.2, -0.15) is 13.2 Å². The first-order chi connectivity index (χ1) is 9.44. The Morgan fingerprint density at radius 2 is 1.85 bits per heavy atom. The smallest absolute Gasteiger partial charge is 0.416 e. The summed E-state index contributed by atoms with van der Waals surface area (Å²) in [5.41, 5.74) is 0.208. The Bertz CT molecular complexity index is 612. The average molecular weight is 283 g/mol. The van der Waals surface area contributed by atoms with Crippen LogP contribution in [0.2, 0.25) is 0 Å². The molecule has 0 saturated carbocycles. The van der Waals surface area contributed by atoms with Crippen LogP contribution in [0.25, 0.3) is 11.1 Å². The standard InChI is InChI=1S/C14H12F3NO2/c1-20-13-5-11(6-18-7-13)10-2-9(8-19)3-12(4-10)14(15,16)17/h2-7,19H,8H2,1H3. The van der Waals surface area contributed by atoms with E-state index in [0.29, 0.717) is 16.9 Å². The van der Waals surface area contributed by atoms with E-state index in [-0.39, 0.29) is 5.56 Å². The molecule has 1 heterocycles. The van der Waals surface area contributed by atoms with Crippen LogP contribution < -0.4 is 4.74 Å². The molecular formula is C14H12F3NO2. The van der Waals surface area contributed by atoms with Crippen molar-refractivity contribution >= 4 is 0 Å². The van der Waals surface area contributed by atoms with Crippen molar-refractivity contribution in [2.24, 2.45) is 0 Å². The number of rotatable bonds is 3. The van der Waals surface area contributed by atoms with E-state index in [1.54, 1.807) is 6.07 Å². The number of pyridine rings is 1. The van der Waals surface area contributed by atoms with Crippen LogP contribution >= 0.6 is 0 Å². The third kappa shape index (κ3) is 3.08. The van der Waals surface area contributed by atoms with Gasteiger partial charge >= 0.3 is 6.18 Å². The van der Waals surface area contributed by atoms with Gasteiger partial charge in [0.05, 0.1) is 25.5 Å². The quantitative estimate of drug-likeness (QED) is 0.940. The number of aliphatic hydroxyl groups excluding tert-OH is 1. The first-order valence-corrected chi connectivity index (χ1v) is 5.75. The maximum atomic E-state index is 12.8. The van der Waals surface area contributed by atoms with Gasteiger partial charge in [-0.05, 0) is 35.4 Å². The Labute approximate surface area is 113 Å². The van der Waals surface area contributed by atoms with E-state index in [1.807, 2.05) is 0 Å². The average Bonchev–Trinajstić information content (AvgIpc) is 2.46. The molecule has 0 aliphatic heterocycles. The topological polar surface area (TPSA) is 42.4 Å². The summed E-state index contributed by atoms with van der Waals surface area (Å²) in [6.45, 7) is -0.464. The van der Waals surface area contributed by atoms with Crippen molar-refractivity contribution in [2.45, 2.75) is 12.8 Å². The molecule has 1 aromatic heterocycles. The Hall–Kier alpha value is -2.08. The van der Waals surface area contributed by atoms with Crippen molar-refractivity contribution < 1.29 is 23.0 Å². The zero-order valence-electron chi connectivity index (χ0n) is 10.6. The summed E-state index contributed by atoms with van der Waals surface area (Å²) in [5, 5.41) is 9.09. The van der Waals surface area contributed by atoms with E-state index >= 15 is 0 Å². The molecule has 0 atom stereocenters. The molecule has 2 rings (SSSR count). The van der Waals surface area contributed by atoms with Gasteiger partial charge < -0.3 is 9.84 Å². The molecule has 106 valence electrons. The Balaban J connectivity index is 2.55. The molecule has 0 unspecified atom stereocenters. The van der Waals surface area contributed by atoms with Crippen LogP contribution in [0.4, 0.5) is 13.2 Å². The molecule has 1 N–H and O–H groups in total. The lowest BCUT2D eigenvalue weighted by Gasteiger charge is -2.12. The fraction of sp³-hybridized carbons (Fsp3) is 0.214. The first-order valence-electron chi connectivity index (χ1n) is 5.75. The summed E-state index contributed by atoms with van der Waals surface area (Å²) in [6.07, 6.45) is -1.56. The Morgan fingerprint density at radius 1 is 1.10 bits per heavy atom. The SMILES string of the molecule is COc1cncc(-c2cc(CO)cc(C(F)(F)F)c2)c1. The number of hydrogen-bond donors (Lipinski definition) is 1. The zero-order valence-corrected chi connectivity index (χ0v) is 10.6. The Morgan fingerprint density at radius 3 is 2.45 bits per heavy atom. The molecule has 6 heteroatoms. The summed E-state index contributed by atoms with van der Waals surface area (Å²) < 4.78 is 43.5. The largest absolute Gasteiger partial charge is 0.495 e. The molecule has 0 aliphatic carbocycles. The van der Waals surface area contributed by atoms with Crippen LogP contribution in [-0.4, -0.2) is 17.2 Å². The molecule has 2 aromatic rings. The van der Waals surface area contributed by atoms with Crippen LogP contribution in [0.15, 0.2) is 36.7 Å². The van der Waals surface area contributed by atoms with Crippen LogP contribution in [0.3, 0.4) is 0 Å². The van der Waals surface area contributed by atoms with E-state index in [4.69, 9.17) is 9.84 Å². The second-order valence-electron chi connectivity index (χ2n) is 4.19. The number of hydrogen-bond acceptors (Lipinski definition) is 3. The van der Waals surface area contributed by atoms with Crippen molar-refractivity contribution in [2.75, 3.05) is 7.11 Å². The Kier molecular flexibility index (Phi) is 3.94. The number of nitrogens with zero attached hydrogens (tertiary/aromatic N) is 1. The van der Waals surface area contributed by atoms with Crippen LogP contribution in [-0.2, 0) is 12.8 Å². The summed E-state index contributed by atoms with van der Waals surface area (Å²) in [6, 6.07) is 5.03. The van der Waals surface area contributed by atoms with E-state index in [0.717, 1.165) is 12.1 Å². The van der Waals surface area contributed by atoms with Gasteiger partial charge in [0.25, 0.3) is 0 Å². The highest BCUT2D eigenvalue weighted by Gasteiger charge is 2.31. The third-order valence-electron chi connectivity index (χ3n) is 2.78. The van der Waals surface area contributed by atoms with Crippen molar-refractivity contribution in [3.8, 4) is 16.9 Å². The lowest BCUT2D eigenvalue weighted by molar-refractivity contribution is -0.137. The summed E-state index contributed by atoms with van der Waals surface area (Å²) in [5.74, 6) is 0.450. The third-order valence-corrected chi connectivity index (χ3v) is 2.78. The van der Waals surface area contributed by atoms with Gasteiger partial charge in [-0.15, -0.1) is 0 Å². The number of ether oxygens (including phenoxy) is 1. The molecule has 1 aromatic carbocycles. The number of alkyl halides is 3. The maximum absolute atomic E-state index is 12.8. The van der Waals surface area contributed by atoms with Crippen molar-refractivity contribution in [3.63, 3.8) is 0 Å². The van der Waals surface area contributed by atoms with Gasteiger partial charge in [0.2, 0.25) is 0 Å². The summed E-state index contributed by atoms with van der Waals surface area (Å²) in [4.78, 5) is 3.91. The second kappa shape index (κ2) is 5.50. The highest BCUT2D eigenvalue weighted by atomic mass is 19.4. The highest BCUT2D eigenvalue weighted by Crippen LogP contribution is 2.34. The molecule has 3 nitrogen and oxygen atoms in total. The van der Waals surface area contributed by atoms with E-state index in [1.165, 1.54) is 25.6 Å². The van der Waals surface area contributed by atoms with Gasteiger partial charge in [-0.1, -0.05) is 0 Å². The minimum atomic E-state index is -4.47. The molecule has 0 aliphatic rings. The normalized spacial score (nSPS) is 11.4. The number of methoxy groups -OCH3 is 1. The zero-order chi connectivity index (χ0) is 14.8. The molecule has 0 amide bonds. The molecule has 0 saturated heterocycles. The monoisotopic (exact) mass is 283 g/mol. The fourth-order valence-corrected chi connectivity index (χ4v) is 1.80. The summed E-state index contributed by atoms with van der Waals surface area (Å²) in [7, 11) is 1.45. The second-order valence-corrected chi connectivity index (χ2v) is 4.19. The van der Waals surface area contributed by atoms with E-state index in [9.17, 15) is 13.2 Å². The number of aliphatic hydroxyl groups is 1. The molecule has 20 heavy (non-hydrogen) atoms. The minimum Gasteiger partial charge on any atom is -0.495 e. The van der Waals surface area contributed by atoms with E-state index in [2.05, 4.69) is 4.98 Å². The van der Waals surface area contributed by atoms with Gasteiger partial charge in [0, 0.05) is 11.8 Å². The van der Waals surface area contributed by atoms with Gasteiger partial charge in [0.1, 0.15) is 5.75 Å². The van der Waals surface area contributed by atoms with Crippen molar-refractivity contribution in [1.82, 2.24) is 4.98 Å². The molecule has 0 radical (unpaired) electrons. The molecule has 0 fully saturated rings. The van der Waals surface area contributed by atoms with Crippen molar-refractivity contribution in [3.05, 3.63) is 47.8 Å². The van der Waals surface area contributed by atoms with Crippen molar-refractivity contribution in [1.29, 1.82) is 0 Å². The first kappa shape index (κ1) is 14.3. The molecule has 0 bridgehead atoms. The molecular weight excluding hydrogens is 271 g/mol. The van der Waals surface area contributed by atoms with Crippen LogP contribution in [0.5, 0.6) is 5.75 Å². The highest BCUT2D eigenvalue weighted by molar-refractivity contribution is 5.65. The number of benzene rings is 1. The fourth-order valence-electron chi connectivity index (χ4n) is 1.80. The van der Waals surface area contributed by atoms with Gasteiger partial charge in [-0.3, -0.25) is 4.98 Å². The number of aromatic nitrogens is 1. The lowest BCUT2D eigenvalue weighted by atomic mass is 10.0. The van der Waals surface area contributed by atoms with Crippen LogP contribution in [0.1, 0.15) is 11.1 Å². The number of halogens is 3. The van der Waals surface area contributed by atoms with E-state index < -0.39 is 18.3 Å². The summed E-state index contributed by atoms with van der Waals surface area (Å²) >= 11 is 0. The van der Waals surface area contributed by atoms with Crippen LogP contribution in [0, 0.1) is 0 Å². The van der Waals surface area contributed by atoms with Gasteiger partial charge in [-0.25, -0.2) is 0 Å². The maximum Gasteiger partial charge on any atom is 0.416 e. The predicted molar refractivity (Wildman–Crippen MR) is 67.1 cm³/mol. The lowest BCUT2D eigenvalue weighted by Crippen LogP contribution is -2.06. The molecule has 0 spiro atoms.